The molecule has 1 saturated carbocycles. The molecule has 0 aromatic carbocycles. The van der Waals surface area contributed by atoms with Crippen molar-refractivity contribution in [3.8, 4) is 0 Å². The van der Waals surface area contributed by atoms with E-state index in [0.29, 0.717) is 5.75 Å². The summed E-state index contributed by atoms with van der Waals surface area (Å²) in [6.07, 6.45) is 3.49. The van der Waals surface area contributed by atoms with Crippen molar-refractivity contribution in [1.82, 2.24) is 10.2 Å². The topological polar surface area (TPSA) is 49.4 Å². The van der Waals surface area contributed by atoms with Crippen molar-refractivity contribution in [3.63, 3.8) is 0 Å². The predicted molar refractivity (Wildman–Crippen MR) is 82.1 cm³/mol. The standard InChI is InChI=1S/C14H20N2O2S2/c1-9(8-20(3)18)16-12(11-5-4-10(2)19-11)15-14(6-7-14)13(16)17/h4-5,9,12,15H,6-8H2,1-3H3. The van der Waals surface area contributed by atoms with Gasteiger partial charge in [0.05, 0.1) is 0 Å². The first-order valence-electron chi connectivity index (χ1n) is 6.90. The zero-order valence-electron chi connectivity index (χ0n) is 12.0. The molecule has 110 valence electrons. The lowest BCUT2D eigenvalue weighted by molar-refractivity contribution is -0.132. The van der Waals surface area contributed by atoms with Crippen LogP contribution < -0.4 is 5.32 Å². The Labute approximate surface area is 126 Å². The molecule has 2 heterocycles. The fourth-order valence-corrected chi connectivity index (χ4v) is 4.69. The number of thiophene rings is 1. The minimum Gasteiger partial charge on any atom is -0.317 e. The lowest BCUT2D eigenvalue weighted by Gasteiger charge is -2.29. The number of carbonyl (C=O) groups excluding carboxylic acids is 1. The van der Waals surface area contributed by atoms with Crippen molar-refractivity contribution < 1.29 is 9.00 Å². The lowest BCUT2D eigenvalue weighted by Crippen LogP contribution is -2.41. The number of hydrogen-bond acceptors (Lipinski definition) is 4. The van der Waals surface area contributed by atoms with Crippen LogP contribution in [0.15, 0.2) is 12.1 Å². The summed E-state index contributed by atoms with van der Waals surface area (Å²) in [5.74, 6) is 0.719. The highest BCUT2D eigenvalue weighted by molar-refractivity contribution is 7.84. The van der Waals surface area contributed by atoms with Gasteiger partial charge >= 0.3 is 0 Å². The lowest BCUT2D eigenvalue weighted by atomic mass is 10.2. The van der Waals surface area contributed by atoms with Crippen molar-refractivity contribution in [1.29, 1.82) is 0 Å². The highest BCUT2D eigenvalue weighted by Gasteiger charge is 2.60. The quantitative estimate of drug-likeness (QED) is 0.922. The molecule has 1 aromatic heterocycles. The maximum atomic E-state index is 12.7. The average Bonchev–Trinajstić information content (AvgIpc) is 2.91. The summed E-state index contributed by atoms with van der Waals surface area (Å²) in [4.78, 5) is 17.0. The van der Waals surface area contributed by atoms with E-state index in [0.717, 1.165) is 12.8 Å². The van der Waals surface area contributed by atoms with Gasteiger partial charge in [-0.3, -0.25) is 14.3 Å². The van der Waals surface area contributed by atoms with E-state index in [-0.39, 0.29) is 23.7 Å². The van der Waals surface area contributed by atoms with E-state index >= 15 is 0 Å². The molecule has 0 bridgehead atoms. The maximum absolute atomic E-state index is 12.7. The second-order valence-corrected chi connectivity index (χ2v) is 8.68. The molecule has 1 amide bonds. The van der Waals surface area contributed by atoms with Gasteiger partial charge in [-0.25, -0.2) is 0 Å². The molecule has 1 saturated heterocycles. The Morgan fingerprint density at radius 2 is 2.25 bits per heavy atom. The number of hydrogen-bond donors (Lipinski definition) is 1. The van der Waals surface area contributed by atoms with Gasteiger partial charge in [0, 0.05) is 38.6 Å². The Balaban J connectivity index is 1.90. The highest BCUT2D eigenvalue weighted by atomic mass is 32.2. The molecule has 1 N–H and O–H groups in total. The minimum atomic E-state index is -0.895. The van der Waals surface area contributed by atoms with E-state index in [1.165, 1.54) is 9.75 Å². The summed E-state index contributed by atoms with van der Waals surface area (Å²) in [7, 11) is -0.895. The highest BCUT2D eigenvalue weighted by Crippen LogP contribution is 2.47. The number of carbonyl (C=O) groups is 1. The number of nitrogens with one attached hydrogen (secondary N) is 1. The number of aryl methyl sites for hydroxylation is 1. The zero-order chi connectivity index (χ0) is 14.5. The second kappa shape index (κ2) is 4.93. The van der Waals surface area contributed by atoms with Crippen molar-refractivity contribution in [2.24, 2.45) is 0 Å². The number of rotatable bonds is 4. The van der Waals surface area contributed by atoms with E-state index in [4.69, 9.17) is 0 Å². The molecule has 3 unspecified atom stereocenters. The van der Waals surface area contributed by atoms with Crippen LogP contribution in [-0.4, -0.2) is 38.6 Å². The third kappa shape index (κ3) is 2.34. The molecule has 1 aromatic rings. The van der Waals surface area contributed by atoms with E-state index in [1.54, 1.807) is 17.6 Å². The minimum absolute atomic E-state index is 0.00628. The van der Waals surface area contributed by atoms with Gasteiger partial charge in [0.1, 0.15) is 11.7 Å². The van der Waals surface area contributed by atoms with Gasteiger partial charge in [-0.15, -0.1) is 11.3 Å². The van der Waals surface area contributed by atoms with Gasteiger partial charge in [-0.05, 0) is 38.8 Å². The van der Waals surface area contributed by atoms with E-state index in [2.05, 4.69) is 24.4 Å². The molecular weight excluding hydrogens is 292 g/mol. The molecule has 2 fully saturated rings. The van der Waals surface area contributed by atoms with Crippen molar-refractivity contribution >= 4 is 28.0 Å². The molecule has 0 radical (unpaired) electrons. The van der Waals surface area contributed by atoms with Crippen LogP contribution in [0.2, 0.25) is 0 Å². The van der Waals surface area contributed by atoms with Gasteiger partial charge in [-0.1, -0.05) is 0 Å². The fraction of sp³-hybridized carbons (Fsp3) is 0.643. The summed E-state index contributed by atoms with van der Waals surface area (Å²) in [5.41, 5.74) is -0.327. The average molecular weight is 312 g/mol. The van der Waals surface area contributed by atoms with Crippen LogP contribution in [-0.2, 0) is 15.6 Å². The summed E-state index contributed by atoms with van der Waals surface area (Å²) >= 11 is 1.72. The van der Waals surface area contributed by atoms with Gasteiger partial charge in [0.25, 0.3) is 0 Å². The van der Waals surface area contributed by atoms with Crippen LogP contribution in [0.25, 0.3) is 0 Å². The first kappa shape index (κ1) is 14.2. The molecule has 1 aliphatic carbocycles. The molecular formula is C14H20N2O2S2. The van der Waals surface area contributed by atoms with E-state index in [9.17, 15) is 9.00 Å². The van der Waals surface area contributed by atoms with Crippen molar-refractivity contribution in [2.45, 2.75) is 44.4 Å². The molecule has 3 rings (SSSR count). The number of nitrogens with zero attached hydrogens (tertiary/aromatic N) is 1. The Morgan fingerprint density at radius 3 is 2.75 bits per heavy atom. The van der Waals surface area contributed by atoms with Crippen LogP contribution in [0.3, 0.4) is 0 Å². The summed E-state index contributed by atoms with van der Waals surface area (Å²) in [6.45, 7) is 4.07. The third-order valence-corrected chi connectivity index (χ3v) is 6.07. The Kier molecular flexibility index (Phi) is 3.51. The fourth-order valence-electron chi connectivity index (χ4n) is 2.92. The molecule has 4 nitrogen and oxygen atoms in total. The summed E-state index contributed by atoms with van der Waals surface area (Å²) in [5, 5.41) is 3.51. The number of amides is 1. The molecule has 6 heteroatoms. The second-order valence-electron chi connectivity index (χ2n) is 5.88. The zero-order valence-corrected chi connectivity index (χ0v) is 13.6. The van der Waals surface area contributed by atoms with Crippen molar-refractivity contribution in [2.75, 3.05) is 12.0 Å². The van der Waals surface area contributed by atoms with Crippen LogP contribution in [0.1, 0.15) is 35.7 Å². The van der Waals surface area contributed by atoms with Gasteiger partial charge in [-0.2, -0.15) is 0 Å². The Bertz CT molecular complexity index is 565. The smallest absolute Gasteiger partial charge is 0.244 e. The molecule has 3 atom stereocenters. The van der Waals surface area contributed by atoms with Crippen LogP contribution in [0.5, 0.6) is 0 Å². The molecule has 1 spiro atoms. The van der Waals surface area contributed by atoms with E-state index < -0.39 is 10.8 Å². The first-order valence-corrected chi connectivity index (χ1v) is 9.44. The maximum Gasteiger partial charge on any atom is 0.244 e. The largest absolute Gasteiger partial charge is 0.317 e. The Hall–Kier alpha value is -0.720. The molecule has 20 heavy (non-hydrogen) atoms. The first-order chi connectivity index (χ1) is 9.43. The van der Waals surface area contributed by atoms with Crippen molar-refractivity contribution in [3.05, 3.63) is 21.9 Å². The summed E-state index contributed by atoms with van der Waals surface area (Å²) < 4.78 is 11.5. The predicted octanol–water partition coefficient (Wildman–Crippen LogP) is 1.79. The van der Waals surface area contributed by atoms with Crippen LogP contribution >= 0.6 is 11.3 Å². The third-order valence-electron chi connectivity index (χ3n) is 4.07. The Morgan fingerprint density at radius 1 is 1.55 bits per heavy atom. The van der Waals surface area contributed by atoms with E-state index in [1.807, 2.05) is 11.8 Å². The van der Waals surface area contributed by atoms with Gasteiger partial charge in [0.15, 0.2) is 0 Å². The SMILES string of the molecule is Cc1ccc(C2NC3(CC3)C(=O)N2C(C)CS(C)=O)s1. The van der Waals surface area contributed by atoms with Gasteiger partial charge in [0.2, 0.25) is 5.91 Å². The molecule has 2 aliphatic rings. The normalized spacial score (nSPS) is 27.1. The monoisotopic (exact) mass is 312 g/mol. The van der Waals surface area contributed by atoms with Gasteiger partial charge < -0.3 is 4.90 Å². The van der Waals surface area contributed by atoms with Crippen LogP contribution in [0.4, 0.5) is 0 Å². The summed E-state index contributed by atoms with van der Waals surface area (Å²) in [6, 6.07) is 4.17. The van der Waals surface area contributed by atoms with Crippen LogP contribution in [0, 0.1) is 6.92 Å². The molecule has 1 aliphatic heterocycles.